The Morgan fingerprint density at radius 2 is 1.88 bits per heavy atom. The summed E-state index contributed by atoms with van der Waals surface area (Å²) in [5.74, 6) is -2.16. The van der Waals surface area contributed by atoms with Gasteiger partial charge in [0, 0.05) is 41.9 Å². The molecule has 1 aromatic carbocycles. The average Bonchev–Trinajstić information content (AvgIpc) is 2.75. The number of anilines is 1. The molecule has 4 rings (SSSR count). The molecule has 0 spiro atoms. The van der Waals surface area contributed by atoms with Gasteiger partial charge in [-0.2, -0.15) is 0 Å². The lowest BCUT2D eigenvalue weighted by Gasteiger charge is -2.14. The summed E-state index contributed by atoms with van der Waals surface area (Å²) in [7, 11) is -4.42. The van der Waals surface area contributed by atoms with Crippen LogP contribution in [0.2, 0.25) is 0 Å². The minimum Gasteiger partial charge on any atom is -0.476 e. The lowest BCUT2D eigenvalue weighted by atomic mass is 10.1. The van der Waals surface area contributed by atoms with Crippen LogP contribution in [0, 0.1) is 11.6 Å². The van der Waals surface area contributed by atoms with E-state index in [4.69, 9.17) is 4.74 Å². The van der Waals surface area contributed by atoms with E-state index in [0.29, 0.717) is 22.8 Å². The van der Waals surface area contributed by atoms with Crippen LogP contribution >= 0.6 is 0 Å². The molecule has 0 aliphatic rings. The molecule has 0 amide bonds. The maximum absolute atomic E-state index is 14.1. The maximum Gasteiger partial charge on any atom is 0.264 e. The van der Waals surface area contributed by atoms with Crippen LogP contribution in [-0.2, 0) is 10.0 Å². The molecule has 8 nitrogen and oxygen atoms in total. The van der Waals surface area contributed by atoms with Crippen molar-refractivity contribution < 1.29 is 21.9 Å². The van der Waals surface area contributed by atoms with Crippen molar-refractivity contribution in [1.82, 2.24) is 14.4 Å². The zero-order valence-electron chi connectivity index (χ0n) is 16.6. The second-order valence-corrected chi connectivity index (χ2v) is 8.27. The van der Waals surface area contributed by atoms with Crippen molar-refractivity contribution in [1.29, 1.82) is 0 Å². The molecule has 11 heteroatoms. The Morgan fingerprint density at radius 3 is 2.62 bits per heavy atom. The number of sulfonamides is 1. The third-order valence-electron chi connectivity index (χ3n) is 4.48. The van der Waals surface area contributed by atoms with Crippen LogP contribution in [0.15, 0.2) is 70.7 Å². The Kier molecular flexibility index (Phi) is 5.57. The number of fused-ring (bicyclic) bond motifs is 1. The van der Waals surface area contributed by atoms with Crippen LogP contribution < -0.4 is 15.0 Å². The van der Waals surface area contributed by atoms with Gasteiger partial charge in [0.05, 0.1) is 6.61 Å². The van der Waals surface area contributed by atoms with Gasteiger partial charge in [-0.1, -0.05) is 0 Å². The molecule has 0 saturated heterocycles. The molecule has 0 atom stereocenters. The summed E-state index contributed by atoms with van der Waals surface area (Å²) in [5, 5.41) is 0. The number of nitrogens with zero attached hydrogens (tertiary/aromatic N) is 3. The summed E-state index contributed by atoms with van der Waals surface area (Å²) in [4.78, 5) is 19.6. The van der Waals surface area contributed by atoms with E-state index < -0.39 is 26.6 Å². The van der Waals surface area contributed by atoms with Gasteiger partial charge in [0.1, 0.15) is 27.9 Å². The highest BCUT2D eigenvalue weighted by Gasteiger charge is 2.22. The summed E-state index contributed by atoms with van der Waals surface area (Å²) in [6, 6.07) is 8.23. The minimum absolute atomic E-state index is 0.0260. The largest absolute Gasteiger partial charge is 0.476 e. The van der Waals surface area contributed by atoms with Gasteiger partial charge < -0.3 is 4.74 Å². The summed E-state index contributed by atoms with van der Waals surface area (Å²) < 4.78 is 61.7. The molecule has 0 aliphatic heterocycles. The number of halogens is 2. The molecule has 32 heavy (non-hydrogen) atoms. The second kappa shape index (κ2) is 8.35. The van der Waals surface area contributed by atoms with Crippen molar-refractivity contribution in [3.63, 3.8) is 0 Å². The van der Waals surface area contributed by atoms with E-state index in [1.54, 1.807) is 25.3 Å². The summed E-state index contributed by atoms with van der Waals surface area (Å²) in [5.41, 5.74) is 1.11. The molecular weight excluding hydrogens is 442 g/mol. The Bertz CT molecular complexity index is 1490. The SMILES string of the molecule is CCOc1ncc(-c2ccc3nccc(=O)n3c2)cc1NS(=O)(=O)c1ccc(F)cc1F. The first-order chi connectivity index (χ1) is 15.3. The van der Waals surface area contributed by atoms with Crippen molar-refractivity contribution in [3.05, 3.63) is 83.0 Å². The molecule has 0 fully saturated rings. The van der Waals surface area contributed by atoms with Gasteiger partial charge in [0.25, 0.3) is 15.6 Å². The van der Waals surface area contributed by atoms with Crippen LogP contribution in [0.5, 0.6) is 5.88 Å². The molecular formula is C21H16F2N4O4S. The number of hydrogen-bond donors (Lipinski definition) is 1. The summed E-state index contributed by atoms with van der Waals surface area (Å²) in [6.07, 6.45) is 4.39. The van der Waals surface area contributed by atoms with Gasteiger partial charge in [-0.25, -0.2) is 27.2 Å². The van der Waals surface area contributed by atoms with Crippen LogP contribution in [0.4, 0.5) is 14.5 Å². The fourth-order valence-electron chi connectivity index (χ4n) is 3.03. The topological polar surface area (TPSA) is 103 Å². The van der Waals surface area contributed by atoms with Crippen molar-refractivity contribution >= 4 is 21.4 Å². The molecule has 0 radical (unpaired) electrons. The fraction of sp³-hybridized carbons (Fsp3) is 0.0952. The Hall–Kier alpha value is -3.86. The van der Waals surface area contributed by atoms with E-state index in [1.807, 2.05) is 0 Å². The number of pyridine rings is 2. The average molecular weight is 458 g/mol. The highest BCUT2D eigenvalue weighted by molar-refractivity contribution is 7.92. The smallest absolute Gasteiger partial charge is 0.264 e. The first-order valence-corrected chi connectivity index (χ1v) is 10.9. The quantitative estimate of drug-likeness (QED) is 0.476. The van der Waals surface area contributed by atoms with Gasteiger partial charge in [-0.15, -0.1) is 0 Å². The minimum atomic E-state index is -4.42. The van der Waals surface area contributed by atoms with Gasteiger partial charge in [-0.05, 0) is 37.3 Å². The second-order valence-electron chi connectivity index (χ2n) is 6.62. The molecule has 0 bridgehead atoms. The lowest BCUT2D eigenvalue weighted by Crippen LogP contribution is -2.16. The fourth-order valence-corrected chi connectivity index (χ4v) is 4.14. The highest BCUT2D eigenvalue weighted by Crippen LogP contribution is 2.31. The van der Waals surface area contributed by atoms with E-state index in [2.05, 4.69) is 14.7 Å². The molecule has 0 aliphatic carbocycles. The predicted octanol–water partition coefficient (Wildman–Crippen LogP) is 3.23. The van der Waals surface area contributed by atoms with Crippen LogP contribution in [-0.4, -0.2) is 29.4 Å². The molecule has 3 heterocycles. The van der Waals surface area contributed by atoms with Crippen LogP contribution in [0.3, 0.4) is 0 Å². The third kappa shape index (κ3) is 4.14. The Balaban J connectivity index is 1.79. The van der Waals surface area contributed by atoms with Crippen molar-refractivity contribution in [3.8, 4) is 17.0 Å². The first-order valence-electron chi connectivity index (χ1n) is 9.37. The van der Waals surface area contributed by atoms with Gasteiger partial charge in [-0.3, -0.25) is 13.9 Å². The molecule has 0 unspecified atom stereocenters. The van der Waals surface area contributed by atoms with Crippen molar-refractivity contribution in [2.24, 2.45) is 0 Å². The van der Waals surface area contributed by atoms with Gasteiger partial charge in [0.15, 0.2) is 0 Å². The molecule has 3 aromatic heterocycles. The number of hydrogen-bond acceptors (Lipinski definition) is 6. The Morgan fingerprint density at radius 1 is 1.06 bits per heavy atom. The number of rotatable bonds is 6. The highest BCUT2D eigenvalue weighted by atomic mass is 32.2. The third-order valence-corrected chi connectivity index (χ3v) is 5.88. The van der Waals surface area contributed by atoms with E-state index in [9.17, 15) is 22.0 Å². The van der Waals surface area contributed by atoms with E-state index >= 15 is 0 Å². The zero-order valence-corrected chi connectivity index (χ0v) is 17.4. The lowest BCUT2D eigenvalue weighted by molar-refractivity contribution is 0.329. The molecule has 4 aromatic rings. The zero-order chi connectivity index (χ0) is 22.9. The van der Waals surface area contributed by atoms with Crippen LogP contribution in [0.25, 0.3) is 16.8 Å². The predicted molar refractivity (Wildman–Crippen MR) is 113 cm³/mol. The number of nitrogens with one attached hydrogen (secondary N) is 1. The van der Waals surface area contributed by atoms with Gasteiger partial charge in [0.2, 0.25) is 5.88 Å². The summed E-state index contributed by atoms with van der Waals surface area (Å²) in [6.45, 7) is 1.89. The summed E-state index contributed by atoms with van der Waals surface area (Å²) >= 11 is 0. The van der Waals surface area contributed by atoms with E-state index in [1.165, 1.54) is 28.9 Å². The van der Waals surface area contributed by atoms with E-state index in [-0.39, 0.29) is 23.7 Å². The van der Waals surface area contributed by atoms with Gasteiger partial charge >= 0.3 is 0 Å². The van der Waals surface area contributed by atoms with Crippen molar-refractivity contribution in [2.45, 2.75) is 11.8 Å². The number of aromatic nitrogens is 3. The monoisotopic (exact) mass is 458 g/mol. The molecule has 1 N–H and O–H groups in total. The first kappa shape index (κ1) is 21.4. The molecule has 0 saturated carbocycles. The van der Waals surface area contributed by atoms with E-state index in [0.717, 1.165) is 12.1 Å². The molecule has 164 valence electrons. The van der Waals surface area contributed by atoms with Crippen LogP contribution in [0.1, 0.15) is 6.92 Å². The number of ether oxygens (including phenoxy) is 1. The Labute approximate surface area is 181 Å². The van der Waals surface area contributed by atoms with Crippen molar-refractivity contribution in [2.75, 3.05) is 11.3 Å². The standard InChI is InChI=1S/C21H16F2N4O4S/c1-2-31-21-17(26-32(29,30)18-5-4-15(22)10-16(18)23)9-14(11-25-21)13-3-6-19-24-8-7-20(28)27(19)12-13/h3-12,26H,2H2,1H3. The number of benzene rings is 1. The normalized spacial score (nSPS) is 11.5. The maximum atomic E-state index is 14.1.